The predicted molar refractivity (Wildman–Crippen MR) is 102 cm³/mol. The molecule has 3 aromatic rings. The molecule has 4 rings (SSSR count). The van der Waals surface area contributed by atoms with E-state index in [4.69, 9.17) is 23.2 Å². The van der Waals surface area contributed by atoms with Crippen LogP contribution < -0.4 is 5.32 Å². The molecule has 1 N–H and O–H groups in total. The third-order valence-corrected chi connectivity index (χ3v) is 5.44. The van der Waals surface area contributed by atoms with E-state index in [9.17, 15) is 0 Å². The van der Waals surface area contributed by atoms with Gasteiger partial charge in [-0.05, 0) is 49.1 Å². The first-order chi connectivity index (χ1) is 11.6. The summed E-state index contributed by atoms with van der Waals surface area (Å²) in [6.07, 6.45) is 2.61. The number of nitrogens with one attached hydrogen (secondary N) is 1. The van der Waals surface area contributed by atoms with Gasteiger partial charge in [0.25, 0.3) is 0 Å². The van der Waals surface area contributed by atoms with Crippen molar-refractivity contribution >= 4 is 34.1 Å². The van der Waals surface area contributed by atoms with Crippen molar-refractivity contribution in [3.63, 3.8) is 0 Å². The van der Waals surface area contributed by atoms with Crippen LogP contribution in [0.2, 0.25) is 10.0 Å². The van der Waals surface area contributed by atoms with Crippen LogP contribution in [0.3, 0.4) is 0 Å². The molecule has 0 saturated heterocycles. The van der Waals surface area contributed by atoms with Gasteiger partial charge in [-0.3, -0.25) is 0 Å². The number of rotatable bonds is 5. The molecule has 2 nitrogen and oxygen atoms in total. The van der Waals surface area contributed by atoms with Crippen LogP contribution >= 0.6 is 23.2 Å². The zero-order valence-corrected chi connectivity index (χ0v) is 15.2. The molecule has 0 radical (unpaired) electrons. The molecule has 2 aromatic carbocycles. The van der Waals surface area contributed by atoms with E-state index in [1.807, 2.05) is 18.2 Å². The van der Waals surface area contributed by atoms with Crippen molar-refractivity contribution in [2.45, 2.75) is 38.9 Å². The first kappa shape index (κ1) is 16.0. The second-order valence-electron chi connectivity index (χ2n) is 6.56. The molecule has 0 atom stereocenters. The highest BCUT2D eigenvalue weighted by atomic mass is 35.5. The highest BCUT2D eigenvalue weighted by Crippen LogP contribution is 2.30. The van der Waals surface area contributed by atoms with Crippen LogP contribution in [0.1, 0.15) is 29.7 Å². The normalized spacial score (nSPS) is 14.5. The van der Waals surface area contributed by atoms with E-state index < -0.39 is 0 Å². The second kappa shape index (κ2) is 6.44. The van der Waals surface area contributed by atoms with Gasteiger partial charge in [0.1, 0.15) is 0 Å². The fourth-order valence-corrected chi connectivity index (χ4v) is 3.75. The summed E-state index contributed by atoms with van der Waals surface area (Å²) in [5.41, 5.74) is 5.04. The maximum atomic E-state index is 6.39. The van der Waals surface area contributed by atoms with Gasteiger partial charge in [-0.15, -0.1) is 0 Å². The third-order valence-electron chi connectivity index (χ3n) is 4.85. The van der Waals surface area contributed by atoms with Crippen LogP contribution in [-0.2, 0) is 13.1 Å². The maximum absolute atomic E-state index is 6.39. The molecule has 1 aliphatic carbocycles. The highest BCUT2D eigenvalue weighted by molar-refractivity contribution is 6.35. The Hall–Kier alpha value is -1.48. The van der Waals surface area contributed by atoms with Gasteiger partial charge in [-0.25, -0.2) is 0 Å². The first-order valence-corrected chi connectivity index (χ1v) is 9.13. The fourth-order valence-electron chi connectivity index (χ4n) is 3.28. The third kappa shape index (κ3) is 3.06. The van der Waals surface area contributed by atoms with E-state index in [1.165, 1.54) is 35.0 Å². The smallest absolute Gasteiger partial charge is 0.0493 e. The summed E-state index contributed by atoms with van der Waals surface area (Å²) in [7, 11) is 0. The van der Waals surface area contributed by atoms with Crippen LogP contribution in [-0.4, -0.2) is 10.6 Å². The lowest BCUT2D eigenvalue weighted by atomic mass is 10.1. The van der Waals surface area contributed by atoms with Crippen LogP contribution in [0.15, 0.2) is 42.5 Å². The lowest BCUT2D eigenvalue weighted by molar-refractivity contribution is 0.681. The topological polar surface area (TPSA) is 17.0 Å². The Kier molecular flexibility index (Phi) is 4.29. The van der Waals surface area contributed by atoms with Gasteiger partial charge in [0.15, 0.2) is 0 Å². The van der Waals surface area contributed by atoms with Gasteiger partial charge in [0, 0.05) is 45.8 Å². The number of fused-ring (bicyclic) bond motifs is 1. The number of benzene rings is 2. The number of aromatic nitrogens is 1. The summed E-state index contributed by atoms with van der Waals surface area (Å²) < 4.78 is 2.36. The Bertz CT molecular complexity index is 894. The minimum Gasteiger partial charge on any atom is -0.340 e. The van der Waals surface area contributed by atoms with Crippen LogP contribution in [0, 0.1) is 6.92 Å². The average molecular weight is 359 g/mol. The van der Waals surface area contributed by atoms with Gasteiger partial charge >= 0.3 is 0 Å². The Balaban J connectivity index is 1.75. The number of nitrogens with zero attached hydrogens (tertiary/aromatic N) is 1. The summed E-state index contributed by atoms with van der Waals surface area (Å²) in [6, 6.07) is 15.0. The molecule has 0 bridgehead atoms. The zero-order valence-electron chi connectivity index (χ0n) is 13.7. The van der Waals surface area contributed by atoms with Crippen molar-refractivity contribution in [3.05, 3.63) is 69.3 Å². The predicted octanol–water partition coefficient (Wildman–Crippen LogP) is 5.56. The molecule has 0 spiro atoms. The molecule has 1 heterocycles. The van der Waals surface area contributed by atoms with Gasteiger partial charge in [-0.2, -0.15) is 0 Å². The number of para-hydroxylation sites is 1. The minimum absolute atomic E-state index is 0.673. The molecule has 0 unspecified atom stereocenters. The van der Waals surface area contributed by atoms with Gasteiger partial charge in [-0.1, -0.05) is 47.5 Å². The van der Waals surface area contributed by atoms with E-state index in [1.54, 1.807) is 0 Å². The molecular weight excluding hydrogens is 339 g/mol. The molecule has 0 aliphatic heterocycles. The zero-order chi connectivity index (χ0) is 16.7. The monoisotopic (exact) mass is 358 g/mol. The first-order valence-electron chi connectivity index (χ1n) is 8.37. The van der Waals surface area contributed by atoms with Crippen LogP contribution in [0.5, 0.6) is 0 Å². The molecule has 1 saturated carbocycles. The number of hydrogen-bond acceptors (Lipinski definition) is 1. The molecule has 1 fully saturated rings. The van der Waals surface area contributed by atoms with E-state index >= 15 is 0 Å². The summed E-state index contributed by atoms with van der Waals surface area (Å²) >= 11 is 12.4. The molecular formula is C20H20Cl2N2. The van der Waals surface area contributed by atoms with Crippen LogP contribution in [0.4, 0.5) is 0 Å². The molecule has 1 aliphatic rings. The van der Waals surface area contributed by atoms with Crippen molar-refractivity contribution in [2.24, 2.45) is 0 Å². The summed E-state index contributed by atoms with van der Waals surface area (Å²) in [5.74, 6) is 0. The molecule has 0 amide bonds. The number of hydrogen-bond donors (Lipinski definition) is 1. The lowest BCUT2D eigenvalue weighted by Crippen LogP contribution is -2.16. The average Bonchev–Trinajstić information content (AvgIpc) is 3.35. The lowest BCUT2D eigenvalue weighted by Gasteiger charge is -2.11. The Morgan fingerprint density at radius 2 is 1.92 bits per heavy atom. The second-order valence-corrected chi connectivity index (χ2v) is 7.40. The van der Waals surface area contributed by atoms with Crippen molar-refractivity contribution in [1.82, 2.24) is 9.88 Å². The van der Waals surface area contributed by atoms with Crippen LogP contribution in [0.25, 0.3) is 10.9 Å². The van der Waals surface area contributed by atoms with E-state index in [0.29, 0.717) is 11.1 Å². The van der Waals surface area contributed by atoms with Gasteiger partial charge in [0.2, 0.25) is 0 Å². The van der Waals surface area contributed by atoms with E-state index in [0.717, 1.165) is 23.7 Å². The quantitative estimate of drug-likeness (QED) is 0.631. The molecule has 1 aromatic heterocycles. The summed E-state index contributed by atoms with van der Waals surface area (Å²) in [5, 5.41) is 6.37. The maximum Gasteiger partial charge on any atom is 0.0493 e. The SMILES string of the molecule is Cc1c(CNC2CC2)c2ccccc2n1Cc1ccc(Cl)cc1Cl. The standard InChI is InChI=1S/C20H20Cl2N2/c1-13-18(11-23-16-8-9-16)17-4-2-3-5-20(17)24(13)12-14-6-7-15(21)10-19(14)22/h2-7,10,16,23H,8-9,11-12H2,1H3. The Labute approximate surface area is 152 Å². The number of halogens is 2. The molecule has 24 heavy (non-hydrogen) atoms. The van der Waals surface area contributed by atoms with Gasteiger partial charge < -0.3 is 9.88 Å². The summed E-state index contributed by atoms with van der Waals surface area (Å²) in [6.45, 7) is 3.89. The molecule has 124 valence electrons. The Morgan fingerprint density at radius 1 is 1.12 bits per heavy atom. The largest absolute Gasteiger partial charge is 0.340 e. The summed E-state index contributed by atoms with van der Waals surface area (Å²) in [4.78, 5) is 0. The molecule has 4 heteroatoms. The Morgan fingerprint density at radius 3 is 2.67 bits per heavy atom. The fraction of sp³-hybridized carbons (Fsp3) is 0.300. The highest BCUT2D eigenvalue weighted by Gasteiger charge is 2.22. The van der Waals surface area contributed by atoms with Crippen molar-refractivity contribution < 1.29 is 0 Å². The van der Waals surface area contributed by atoms with E-state index in [2.05, 4.69) is 41.1 Å². The minimum atomic E-state index is 0.673. The van der Waals surface area contributed by atoms with Crippen molar-refractivity contribution in [1.29, 1.82) is 0 Å². The van der Waals surface area contributed by atoms with E-state index in [-0.39, 0.29) is 0 Å². The van der Waals surface area contributed by atoms with Gasteiger partial charge in [0.05, 0.1) is 0 Å². The van der Waals surface area contributed by atoms with Crippen molar-refractivity contribution in [3.8, 4) is 0 Å². The van der Waals surface area contributed by atoms with Crippen molar-refractivity contribution in [2.75, 3.05) is 0 Å².